The summed E-state index contributed by atoms with van der Waals surface area (Å²) in [4.78, 5) is 2.38. The third-order valence-corrected chi connectivity index (χ3v) is 3.76. The quantitative estimate of drug-likeness (QED) is 0.753. The van der Waals surface area contributed by atoms with E-state index < -0.39 is 0 Å². The number of rotatable bonds is 7. The molecule has 4 heteroatoms. The van der Waals surface area contributed by atoms with Gasteiger partial charge in [-0.2, -0.15) is 0 Å². The zero-order valence-electron chi connectivity index (χ0n) is 12.5. The van der Waals surface area contributed by atoms with Crippen LogP contribution in [0.3, 0.4) is 0 Å². The van der Waals surface area contributed by atoms with Crippen LogP contribution in [0, 0.1) is 0 Å². The van der Waals surface area contributed by atoms with Gasteiger partial charge in [0.25, 0.3) is 0 Å². The van der Waals surface area contributed by atoms with E-state index >= 15 is 0 Å². The van der Waals surface area contributed by atoms with Crippen LogP contribution >= 0.6 is 0 Å². The lowest BCUT2D eigenvalue weighted by molar-refractivity contribution is 0.243. The minimum absolute atomic E-state index is 0.113. The van der Waals surface area contributed by atoms with E-state index in [0.29, 0.717) is 11.7 Å². The molecular formula is C16H26N2O2. The average Bonchev–Trinajstić information content (AvgIpc) is 2.34. The molecule has 1 saturated carbocycles. The van der Waals surface area contributed by atoms with Gasteiger partial charge in [0.2, 0.25) is 0 Å². The minimum atomic E-state index is 0.113. The van der Waals surface area contributed by atoms with E-state index in [1.165, 1.54) is 19.3 Å². The standard InChI is InChI=1S/C16H26N2O2/c1-12(2)20-16-11-14(7-8-15(16)17)18(9-4-10-19)13-5-3-6-13/h7-8,11-13,19H,3-6,9-10,17H2,1-2H3. The van der Waals surface area contributed by atoms with Gasteiger partial charge < -0.3 is 20.5 Å². The maximum atomic E-state index is 9.08. The van der Waals surface area contributed by atoms with Crippen molar-refractivity contribution >= 4 is 11.4 Å². The van der Waals surface area contributed by atoms with E-state index in [2.05, 4.69) is 11.0 Å². The van der Waals surface area contributed by atoms with Crippen LogP contribution in [0.4, 0.5) is 11.4 Å². The summed E-state index contributed by atoms with van der Waals surface area (Å²) in [6.07, 6.45) is 4.67. The van der Waals surface area contributed by atoms with Crippen molar-refractivity contribution in [2.24, 2.45) is 0 Å². The third kappa shape index (κ3) is 3.57. The Kier molecular flexibility index (Phi) is 5.12. The number of nitrogen functional groups attached to an aromatic ring is 1. The number of benzene rings is 1. The van der Waals surface area contributed by atoms with Crippen molar-refractivity contribution < 1.29 is 9.84 Å². The monoisotopic (exact) mass is 278 g/mol. The molecule has 1 aromatic carbocycles. The van der Waals surface area contributed by atoms with E-state index in [1.54, 1.807) is 0 Å². The molecule has 1 aliphatic carbocycles. The van der Waals surface area contributed by atoms with Crippen LogP contribution in [0.2, 0.25) is 0 Å². The first-order chi connectivity index (χ1) is 9.61. The van der Waals surface area contributed by atoms with Crippen molar-refractivity contribution in [1.29, 1.82) is 0 Å². The summed E-state index contributed by atoms with van der Waals surface area (Å²) in [7, 11) is 0. The third-order valence-electron chi connectivity index (χ3n) is 3.76. The molecule has 1 aromatic rings. The highest BCUT2D eigenvalue weighted by molar-refractivity contribution is 5.63. The molecule has 0 spiro atoms. The molecule has 0 unspecified atom stereocenters. The van der Waals surface area contributed by atoms with Crippen molar-refractivity contribution in [3.8, 4) is 5.75 Å². The van der Waals surface area contributed by atoms with Crippen LogP contribution in [0.1, 0.15) is 39.5 Å². The van der Waals surface area contributed by atoms with Crippen LogP contribution in [0.25, 0.3) is 0 Å². The molecule has 0 saturated heterocycles. The van der Waals surface area contributed by atoms with E-state index in [1.807, 2.05) is 26.0 Å². The van der Waals surface area contributed by atoms with Gasteiger partial charge in [0.1, 0.15) is 5.75 Å². The number of hydrogen-bond acceptors (Lipinski definition) is 4. The fraction of sp³-hybridized carbons (Fsp3) is 0.625. The van der Waals surface area contributed by atoms with Crippen LogP contribution in [-0.2, 0) is 0 Å². The van der Waals surface area contributed by atoms with Crippen molar-refractivity contribution in [1.82, 2.24) is 0 Å². The first-order valence-electron chi connectivity index (χ1n) is 7.55. The van der Waals surface area contributed by atoms with E-state index in [-0.39, 0.29) is 12.7 Å². The molecule has 0 atom stereocenters. The lowest BCUT2D eigenvalue weighted by Crippen LogP contribution is -2.41. The Morgan fingerprint density at radius 3 is 2.70 bits per heavy atom. The fourth-order valence-corrected chi connectivity index (χ4v) is 2.52. The molecule has 0 amide bonds. The summed E-state index contributed by atoms with van der Waals surface area (Å²) in [5.74, 6) is 0.755. The van der Waals surface area contributed by atoms with Crippen molar-refractivity contribution in [3.05, 3.63) is 18.2 Å². The Hall–Kier alpha value is -1.42. The van der Waals surface area contributed by atoms with Crippen LogP contribution in [-0.4, -0.2) is 30.4 Å². The molecule has 2 rings (SSSR count). The molecule has 112 valence electrons. The summed E-state index contributed by atoms with van der Waals surface area (Å²) < 4.78 is 5.77. The van der Waals surface area contributed by atoms with Gasteiger partial charge in [0.15, 0.2) is 0 Å². The molecular weight excluding hydrogens is 252 g/mol. The molecule has 1 fully saturated rings. The number of anilines is 2. The molecule has 0 heterocycles. The molecule has 0 bridgehead atoms. The normalized spacial score (nSPS) is 15.2. The van der Waals surface area contributed by atoms with Gasteiger partial charge in [-0.25, -0.2) is 0 Å². The molecule has 0 radical (unpaired) electrons. The summed E-state index contributed by atoms with van der Waals surface area (Å²) in [5.41, 5.74) is 7.80. The van der Waals surface area contributed by atoms with Crippen LogP contribution < -0.4 is 15.4 Å². The van der Waals surface area contributed by atoms with E-state index in [4.69, 9.17) is 15.6 Å². The fourth-order valence-electron chi connectivity index (χ4n) is 2.52. The van der Waals surface area contributed by atoms with Gasteiger partial charge in [0.05, 0.1) is 11.8 Å². The highest BCUT2D eigenvalue weighted by atomic mass is 16.5. The van der Waals surface area contributed by atoms with Gasteiger partial charge in [-0.3, -0.25) is 0 Å². The van der Waals surface area contributed by atoms with Gasteiger partial charge in [-0.05, 0) is 51.7 Å². The highest BCUT2D eigenvalue weighted by Gasteiger charge is 2.25. The maximum absolute atomic E-state index is 9.08. The SMILES string of the molecule is CC(C)Oc1cc(N(CCCO)C2CCC2)ccc1N. The number of aliphatic hydroxyl groups is 1. The Bertz CT molecular complexity index is 430. The lowest BCUT2D eigenvalue weighted by Gasteiger charge is -2.39. The predicted octanol–water partition coefficient (Wildman–Crippen LogP) is 2.80. The number of hydrogen-bond donors (Lipinski definition) is 2. The van der Waals surface area contributed by atoms with Crippen molar-refractivity contribution in [2.75, 3.05) is 23.8 Å². The number of nitrogens with zero attached hydrogens (tertiary/aromatic N) is 1. The average molecular weight is 278 g/mol. The first kappa shape index (κ1) is 15.0. The molecule has 3 N–H and O–H groups in total. The minimum Gasteiger partial charge on any atom is -0.489 e. The molecule has 20 heavy (non-hydrogen) atoms. The molecule has 4 nitrogen and oxygen atoms in total. The maximum Gasteiger partial charge on any atom is 0.144 e. The smallest absolute Gasteiger partial charge is 0.144 e. The predicted molar refractivity (Wildman–Crippen MR) is 83.3 cm³/mol. The topological polar surface area (TPSA) is 58.7 Å². The molecule has 0 aromatic heterocycles. The Labute approximate surface area is 121 Å². The number of aliphatic hydroxyl groups excluding tert-OH is 1. The van der Waals surface area contributed by atoms with Crippen molar-refractivity contribution in [3.63, 3.8) is 0 Å². The van der Waals surface area contributed by atoms with E-state index in [9.17, 15) is 0 Å². The van der Waals surface area contributed by atoms with Crippen LogP contribution in [0.5, 0.6) is 5.75 Å². The Morgan fingerprint density at radius 2 is 2.15 bits per heavy atom. The summed E-state index contributed by atoms with van der Waals surface area (Å²) in [6, 6.07) is 6.60. The van der Waals surface area contributed by atoms with Gasteiger partial charge in [-0.1, -0.05) is 0 Å². The second-order valence-electron chi connectivity index (χ2n) is 5.74. The van der Waals surface area contributed by atoms with Gasteiger partial charge >= 0.3 is 0 Å². The summed E-state index contributed by atoms with van der Waals surface area (Å²) in [6.45, 7) is 5.11. The van der Waals surface area contributed by atoms with Gasteiger partial charge in [-0.15, -0.1) is 0 Å². The van der Waals surface area contributed by atoms with Gasteiger partial charge in [0, 0.05) is 30.9 Å². The zero-order valence-corrected chi connectivity index (χ0v) is 12.5. The second-order valence-corrected chi connectivity index (χ2v) is 5.74. The Morgan fingerprint density at radius 1 is 1.40 bits per heavy atom. The molecule has 0 aliphatic heterocycles. The summed E-state index contributed by atoms with van der Waals surface area (Å²) >= 11 is 0. The van der Waals surface area contributed by atoms with E-state index in [0.717, 1.165) is 24.4 Å². The first-order valence-corrected chi connectivity index (χ1v) is 7.55. The van der Waals surface area contributed by atoms with Crippen molar-refractivity contribution in [2.45, 2.75) is 51.7 Å². The lowest BCUT2D eigenvalue weighted by atomic mass is 9.91. The number of ether oxygens (including phenoxy) is 1. The Balaban J connectivity index is 2.18. The second kappa shape index (κ2) is 6.84. The zero-order chi connectivity index (χ0) is 14.5. The molecule has 1 aliphatic rings. The largest absolute Gasteiger partial charge is 0.489 e. The number of nitrogens with two attached hydrogens (primary N) is 1. The summed E-state index contributed by atoms with van der Waals surface area (Å²) in [5, 5.41) is 9.08. The van der Waals surface area contributed by atoms with Crippen LogP contribution in [0.15, 0.2) is 18.2 Å². The highest BCUT2D eigenvalue weighted by Crippen LogP contribution is 2.34.